The summed E-state index contributed by atoms with van der Waals surface area (Å²) in [5.74, 6) is -0.972. The summed E-state index contributed by atoms with van der Waals surface area (Å²) in [6.07, 6.45) is -2.55. The molecule has 0 bridgehead atoms. The number of hydrogen-bond acceptors (Lipinski definition) is 5. The van der Waals surface area contributed by atoms with E-state index in [1.54, 1.807) is 49.2 Å². The summed E-state index contributed by atoms with van der Waals surface area (Å²) in [4.78, 5) is 14.0. The third-order valence-electron chi connectivity index (χ3n) is 3.87. The number of aryl methyl sites for hydroxylation is 1. The van der Waals surface area contributed by atoms with Gasteiger partial charge in [-0.1, -0.05) is 24.6 Å². The van der Waals surface area contributed by atoms with Gasteiger partial charge in [0.2, 0.25) is 5.91 Å². The predicted molar refractivity (Wildman–Crippen MR) is 94.4 cm³/mol. The molecule has 0 aliphatic rings. The Bertz CT molecular complexity index is 956. The highest BCUT2D eigenvalue weighted by atomic mass is 35.5. The average molecular weight is 396 g/mol. The minimum Gasteiger partial charge on any atom is -0.413 e. The zero-order valence-electron chi connectivity index (χ0n) is 14.6. The van der Waals surface area contributed by atoms with Crippen LogP contribution in [0.4, 0.5) is 14.5 Å². The smallest absolute Gasteiger partial charge is 0.314 e. The van der Waals surface area contributed by atoms with Crippen LogP contribution in [-0.4, -0.2) is 25.9 Å². The fraction of sp³-hybridized carbons (Fsp3) is 0.294. The lowest BCUT2D eigenvalue weighted by Gasteiger charge is -2.22. The Balaban J connectivity index is 1.90. The molecule has 0 saturated heterocycles. The molecular formula is C17H16ClF2N5O2. The number of aromatic nitrogens is 4. The van der Waals surface area contributed by atoms with Crippen LogP contribution in [0.15, 0.2) is 34.7 Å². The van der Waals surface area contributed by atoms with Crippen LogP contribution in [0.3, 0.4) is 0 Å². The van der Waals surface area contributed by atoms with Crippen LogP contribution in [0.25, 0.3) is 11.6 Å². The molecule has 27 heavy (non-hydrogen) atoms. The summed E-state index contributed by atoms with van der Waals surface area (Å²) in [6, 6.07) is 8.57. The first kappa shape index (κ1) is 19.0. The molecular weight excluding hydrogens is 380 g/mol. The topological polar surface area (TPSA) is 77.1 Å². The van der Waals surface area contributed by atoms with E-state index < -0.39 is 12.3 Å². The highest BCUT2D eigenvalue weighted by molar-refractivity contribution is 6.30. The van der Waals surface area contributed by atoms with Crippen molar-refractivity contribution in [3.8, 4) is 11.6 Å². The van der Waals surface area contributed by atoms with Crippen molar-refractivity contribution in [3.63, 3.8) is 0 Å². The number of nitrogens with zero attached hydrogens (tertiary/aromatic N) is 5. The van der Waals surface area contributed by atoms with E-state index in [2.05, 4.69) is 15.3 Å². The molecule has 1 aromatic carbocycles. The van der Waals surface area contributed by atoms with Gasteiger partial charge in [-0.2, -0.15) is 13.9 Å². The highest BCUT2D eigenvalue weighted by Gasteiger charge is 2.21. The summed E-state index contributed by atoms with van der Waals surface area (Å²) in [5.41, 5.74) is 1.56. The molecule has 0 fully saturated rings. The van der Waals surface area contributed by atoms with Gasteiger partial charge in [0, 0.05) is 24.2 Å². The molecule has 0 spiro atoms. The van der Waals surface area contributed by atoms with Crippen molar-refractivity contribution in [1.82, 2.24) is 20.0 Å². The van der Waals surface area contributed by atoms with Crippen molar-refractivity contribution in [3.05, 3.63) is 46.9 Å². The number of hydrogen-bond donors (Lipinski definition) is 0. The van der Waals surface area contributed by atoms with Crippen LogP contribution >= 0.6 is 11.6 Å². The molecule has 3 rings (SSSR count). The number of benzene rings is 1. The van der Waals surface area contributed by atoms with Crippen molar-refractivity contribution in [2.45, 2.75) is 26.3 Å². The second-order valence-electron chi connectivity index (χ2n) is 5.70. The lowest BCUT2D eigenvalue weighted by molar-refractivity contribution is -0.118. The molecule has 2 aromatic heterocycles. The SMILES string of the molecule is CCC(=O)N(Cc1cc(-c2nnc(C(F)F)o2)nn1C)c1cccc(Cl)c1. The van der Waals surface area contributed by atoms with Gasteiger partial charge >= 0.3 is 6.43 Å². The van der Waals surface area contributed by atoms with E-state index >= 15 is 0 Å². The Kier molecular flexibility index (Phi) is 5.50. The molecule has 0 atom stereocenters. The quantitative estimate of drug-likeness (QED) is 0.630. The Morgan fingerprint density at radius 1 is 1.33 bits per heavy atom. The third kappa shape index (κ3) is 4.13. The van der Waals surface area contributed by atoms with E-state index in [1.807, 2.05) is 0 Å². The van der Waals surface area contributed by atoms with Gasteiger partial charge in [-0.15, -0.1) is 10.2 Å². The van der Waals surface area contributed by atoms with E-state index in [1.165, 1.54) is 4.68 Å². The minimum absolute atomic E-state index is 0.0993. The normalized spacial score (nSPS) is 11.2. The van der Waals surface area contributed by atoms with Gasteiger partial charge in [0.15, 0.2) is 0 Å². The summed E-state index contributed by atoms with van der Waals surface area (Å²) < 4.78 is 31.7. The maximum atomic E-state index is 12.6. The van der Waals surface area contributed by atoms with E-state index in [4.69, 9.17) is 16.0 Å². The van der Waals surface area contributed by atoms with Crippen LogP contribution in [0.1, 0.15) is 31.4 Å². The lowest BCUT2D eigenvalue weighted by atomic mass is 10.2. The lowest BCUT2D eigenvalue weighted by Crippen LogP contribution is -2.30. The first-order valence-electron chi connectivity index (χ1n) is 8.09. The molecule has 0 unspecified atom stereocenters. The van der Waals surface area contributed by atoms with E-state index in [0.29, 0.717) is 22.8 Å². The van der Waals surface area contributed by atoms with Crippen molar-refractivity contribution in [1.29, 1.82) is 0 Å². The molecule has 0 aliphatic carbocycles. The van der Waals surface area contributed by atoms with Gasteiger partial charge < -0.3 is 9.32 Å². The molecule has 142 valence electrons. The average Bonchev–Trinajstić information content (AvgIpc) is 3.26. The standard InChI is InChI=1S/C17H16ClF2N5O2/c1-3-14(26)25(11-6-4-5-10(18)7-11)9-12-8-13(23-24(12)2)16-21-22-17(27-16)15(19)20/h4-8,15H,3,9H2,1-2H3. The maximum Gasteiger partial charge on any atom is 0.314 e. The van der Waals surface area contributed by atoms with Gasteiger partial charge in [-0.25, -0.2) is 0 Å². The number of alkyl halides is 2. The zero-order chi connectivity index (χ0) is 19.6. The molecule has 0 N–H and O–H groups in total. The second kappa shape index (κ2) is 7.83. The molecule has 1 amide bonds. The highest BCUT2D eigenvalue weighted by Crippen LogP contribution is 2.25. The van der Waals surface area contributed by atoms with Crippen LogP contribution < -0.4 is 4.90 Å². The summed E-state index contributed by atoms with van der Waals surface area (Å²) in [7, 11) is 1.68. The zero-order valence-corrected chi connectivity index (χ0v) is 15.3. The molecule has 0 aliphatic heterocycles. The minimum atomic E-state index is -2.85. The predicted octanol–water partition coefficient (Wildman–Crippen LogP) is 4.00. The summed E-state index contributed by atoms with van der Waals surface area (Å²) >= 11 is 6.04. The van der Waals surface area contributed by atoms with Crippen molar-refractivity contribution in [2.75, 3.05) is 4.90 Å². The van der Waals surface area contributed by atoms with Crippen LogP contribution in [0.2, 0.25) is 5.02 Å². The van der Waals surface area contributed by atoms with Gasteiger partial charge in [0.25, 0.3) is 11.8 Å². The van der Waals surface area contributed by atoms with Crippen LogP contribution in [-0.2, 0) is 18.4 Å². The van der Waals surface area contributed by atoms with Gasteiger partial charge in [0.05, 0.1) is 12.2 Å². The number of carbonyl (C=O) groups is 1. The van der Waals surface area contributed by atoms with Crippen LogP contribution in [0, 0.1) is 0 Å². The molecule has 7 nitrogen and oxygen atoms in total. The first-order chi connectivity index (χ1) is 12.9. The number of carbonyl (C=O) groups excluding carboxylic acids is 1. The monoisotopic (exact) mass is 395 g/mol. The molecule has 0 saturated carbocycles. The van der Waals surface area contributed by atoms with E-state index in [-0.39, 0.29) is 24.0 Å². The Morgan fingerprint density at radius 3 is 2.74 bits per heavy atom. The van der Waals surface area contributed by atoms with Crippen LogP contribution in [0.5, 0.6) is 0 Å². The molecule has 3 aromatic rings. The maximum absolute atomic E-state index is 12.6. The fourth-order valence-corrected chi connectivity index (χ4v) is 2.69. The number of halogens is 3. The first-order valence-corrected chi connectivity index (χ1v) is 8.47. The van der Waals surface area contributed by atoms with Gasteiger partial charge in [-0.3, -0.25) is 9.48 Å². The number of rotatable bonds is 6. The van der Waals surface area contributed by atoms with E-state index in [9.17, 15) is 13.6 Å². The van der Waals surface area contributed by atoms with Crippen molar-refractivity contribution < 1.29 is 18.0 Å². The molecule has 10 heteroatoms. The van der Waals surface area contributed by atoms with Gasteiger partial charge in [-0.05, 0) is 24.3 Å². The number of amides is 1. The van der Waals surface area contributed by atoms with Crippen molar-refractivity contribution >= 4 is 23.2 Å². The van der Waals surface area contributed by atoms with Gasteiger partial charge in [0.1, 0.15) is 5.69 Å². The fourth-order valence-electron chi connectivity index (χ4n) is 2.51. The largest absolute Gasteiger partial charge is 0.413 e. The second-order valence-corrected chi connectivity index (χ2v) is 6.14. The number of anilines is 1. The summed E-state index contributed by atoms with van der Waals surface area (Å²) in [5, 5.41) is 11.6. The Morgan fingerprint density at radius 2 is 2.11 bits per heavy atom. The Hall–Kier alpha value is -2.81. The third-order valence-corrected chi connectivity index (χ3v) is 4.10. The summed E-state index contributed by atoms with van der Waals surface area (Å²) in [6.45, 7) is 1.98. The Labute approximate surface area is 158 Å². The van der Waals surface area contributed by atoms with Crippen molar-refractivity contribution in [2.24, 2.45) is 7.05 Å². The molecule has 2 heterocycles. The van der Waals surface area contributed by atoms with E-state index in [0.717, 1.165) is 0 Å². The molecule has 0 radical (unpaired) electrons.